The number of halogens is 1. The minimum Gasteiger partial charge on any atom is -0.508 e. The Morgan fingerprint density at radius 3 is 2.76 bits per heavy atom. The number of phenols is 1. The van der Waals surface area contributed by atoms with Crippen LogP contribution in [0.3, 0.4) is 0 Å². The van der Waals surface area contributed by atoms with Crippen molar-refractivity contribution in [2.75, 3.05) is 6.54 Å². The second-order valence-electron chi connectivity index (χ2n) is 11.3. The molecule has 184 valence electrons. The van der Waals surface area contributed by atoms with Gasteiger partial charge in [0.1, 0.15) is 17.7 Å². The van der Waals surface area contributed by atoms with Crippen molar-refractivity contribution in [1.29, 1.82) is 0 Å². The van der Waals surface area contributed by atoms with E-state index in [1.807, 2.05) is 12.3 Å². The Morgan fingerprint density at radius 2 is 2.00 bits per heavy atom. The van der Waals surface area contributed by atoms with Gasteiger partial charge in [-0.05, 0) is 59.9 Å². The van der Waals surface area contributed by atoms with Crippen molar-refractivity contribution >= 4 is 5.57 Å². The molecule has 1 aromatic carbocycles. The molecule has 3 heterocycles. The molecule has 3 aliphatic rings. The molecule has 6 nitrogen and oxygen atoms in total. The number of hydrazine groups is 1. The SMILES string of the molecule is CCc1cc(O)ccc1C1CCC2C(c3ncc(C4=CCNC(C(C)(C)C)C4)[nH]3)NNC2C1F. The molecule has 1 aromatic heterocycles. The van der Waals surface area contributed by atoms with E-state index in [1.165, 1.54) is 5.57 Å². The molecule has 0 bridgehead atoms. The van der Waals surface area contributed by atoms with E-state index in [9.17, 15) is 5.11 Å². The van der Waals surface area contributed by atoms with Crippen LogP contribution in [-0.4, -0.2) is 39.9 Å². The molecule has 6 unspecified atom stereocenters. The van der Waals surface area contributed by atoms with Gasteiger partial charge in [0, 0.05) is 24.4 Å². The zero-order chi connectivity index (χ0) is 24.0. The molecule has 0 spiro atoms. The van der Waals surface area contributed by atoms with Crippen LogP contribution in [0.2, 0.25) is 0 Å². The summed E-state index contributed by atoms with van der Waals surface area (Å²) < 4.78 is 15.8. The summed E-state index contributed by atoms with van der Waals surface area (Å²) in [6, 6.07) is 5.48. The first kappa shape index (κ1) is 23.5. The molecule has 5 rings (SSSR count). The number of aromatic amines is 1. The third-order valence-corrected chi connectivity index (χ3v) is 8.16. The predicted octanol–water partition coefficient (Wildman–Crippen LogP) is 4.52. The Hall–Kier alpha value is -2.22. The summed E-state index contributed by atoms with van der Waals surface area (Å²) in [6.45, 7) is 9.73. The van der Waals surface area contributed by atoms with Crippen molar-refractivity contribution in [3.63, 3.8) is 0 Å². The minimum atomic E-state index is -1.000. The van der Waals surface area contributed by atoms with Crippen LogP contribution in [0.15, 0.2) is 30.5 Å². The third-order valence-electron chi connectivity index (χ3n) is 8.16. The summed E-state index contributed by atoms with van der Waals surface area (Å²) in [5.74, 6) is 1.10. The standard InChI is InChI=1S/C27H38FN5O/c1-5-15-12-17(34)6-7-18(15)19-8-9-20-24(23(19)28)32-33-25(20)26-30-14-21(31-26)16-10-11-29-22(13-16)27(2,3)4/h6-7,10,12,14,19-20,22-25,29,32-34H,5,8-9,11,13H2,1-4H3,(H,30,31). The largest absolute Gasteiger partial charge is 0.508 e. The van der Waals surface area contributed by atoms with Gasteiger partial charge < -0.3 is 15.4 Å². The van der Waals surface area contributed by atoms with Gasteiger partial charge in [-0.2, -0.15) is 0 Å². The van der Waals surface area contributed by atoms with Crippen molar-refractivity contribution in [3.8, 4) is 5.75 Å². The number of nitrogens with one attached hydrogen (secondary N) is 4. The van der Waals surface area contributed by atoms with E-state index < -0.39 is 6.17 Å². The quantitative estimate of drug-likeness (QED) is 0.457. The molecule has 34 heavy (non-hydrogen) atoms. The average molecular weight is 468 g/mol. The molecule has 1 saturated heterocycles. The number of hydrogen-bond acceptors (Lipinski definition) is 5. The van der Waals surface area contributed by atoms with E-state index in [2.05, 4.69) is 54.9 Å². The minimum absolute atomic E-state index is 0.0378. The number of fused-ring (bicyclic) bond motifs is 1. The predicted molar refractivity (Wildman–Crippen MR) is 133 cm³/mol. The first-order chi connectivity index (χ1) is 16.3. The van der Waals surface area contributed by atoms with Crippen LogP contribution in [-0.2, 0) is 6.42 Å². The molecule has 6 atom stereocenters. The Labute approximate surface area is 201 Å². The number of H-pyrrole nitrogens is 1. The van der Waals surface area contributed by atoms with Gasteiger partial charge in [0.25, 0.3) is 0 Å². The summed E-state index contributed by atoms with van der Waals surface area (Å²) in [4.78, 5) is 8.27. The van der Waals surface area contributed by atoms with E-state index in [1.54, 1.807) is 12.1 Å². The molecule has 2 aliphatic heterocycles. The summed E-state index contributed by atoms with van der Waals surface area (Å²) in [7, 11) is 0. The third kappa shape index (κ3) is 4.30. The van der Waals surface area contributed by atoms with Crippen LogP contribution >= 0.6 is 0 Å². The number of aromatic hydroxyl groups is 1. The maximum Gasteiger partial charge on any atom is 0.125 e. The lowest BCUT2D eigenvalue weighted by Crippen LogP contribution is -2.45. The van der Waals surface area contributed by atoms with Gasteiger partial charge in [0.2, 0.25) is 0 Å². The second-order valence-corrected chi connectivity index (χ2v) is 11.3. The first-order valence-corrected chi connectivity index (χ1v) is 12.7. The number of benzene rings is 1. The Bertz CT molecular complexity index is 1060. The number of nitrogens with zero attached hydrogens (tertiary/aromatic N) is 1. The summed E-state index contributed by atoms with van der Waals surface area (Å²) >= 11 is 0. The van der Waals surface area contributed by atoms with Gasteiger partial charge in [0.15, 0.2) is 0 Å². The molecule has 7 heteroatoms. The van der Waals surface area contributed by atoms with E-state index in [4.69, 9.17) is 4.98 Å². The van der Waals surface area contributed by atoms with Gasteiger partial charge in [0.05, 0.1) is 24.0 Å². The lowest BCUT2D eigenvalue weighted by Gasteiger charge is -2.36. The average Bonchev–Trinajstić information content (AvgIpc) is 3.47. The van der Waals surface area contributed by atoms with Crippen molar-refractivity contribution in [2.45, 2.75) is 83.6 Å². The van der Waals surface area contributed by atoms with Gasteiger partial charge in [-0.25, -0.2) is 14.8 Å². The van der Waals surface area contributed by atoms with Gasteiger partial charge in [-0.1, -0.05) is 39.8 Å². The number of rotatable bonds is 4. The maximum absolute atomic E-state index is 15.8. The molecule has 0 amide bonds. The highest BCUT2D eigenvalue weighted by molar-refractivity contribution is 5.64. The fourth-order valence-electron chi connectivity index (χ4n) is 6.10. The number of hydrogen-bond donors (Lipinski definition) is 5. The molecule has 2 aromatic rings. The van der Waals surface area contributed by atoms with E-state index >= 15 is 4.39 Å². The van der Waals surface area contributed by atoms with Crippen molar-refractivity contribution in [3.05, 3.63) is 53.1 Å². The van der Waals surface area contributed by atoms with Gasteiger partial charge in [-0.15, -0.1) is 0 Å². The maximum atomic E-state index is 15.8. The Morgan fingerprint density at radius 1 is 1.18 bits per heavy atom. The highest BCUT2D eigenvalue weighted by atomic mass is 19.1. The van der Waals surface area contributed by atoms with Crippen molar-refractivity contribution < 1.29 is 9.50 Å². The van der Waals surface area contributed by atoms with Crippen LogP contribution in [0.5, 0.6) is 5.75 Å². The van der Waals surface area contributed by atoms with Gasteiger partial charge in [-0.3, -0.25) is 5.43 Å². The summed E-state index contributed by atoms with van der Waals surface area (Å²) in [6.07, 6.45) is 6.63. The molecule has 2 fully saturated rings. The summed E-state index contributed by atoms with van der Waals surface area (Å²) in [5, 5.41) is 13.5. The first-order valence-electron chi connectivity index (χ1n) is 12.7. The highest BCUT2D eigenvalue weighted by Gasteiger charge is 2.48. The zero-order valence-electron chi connectivity index (χ0n) is 20.7. The Balaban J connectivity index is 1.31. The Kier molecular flexibility index (Phi) is 6.29. The molecule has 0 radical (unpaired) electrons. The molecular weight excluding hydrogens is 429 g/mol. The second kappa shape index (κ2) is 9.10. The number of aromatic nitrogens is 2. The number of alkyl halides is 1. The molecule has 1 saturated carbocycles. The van der Waals surface area contributed by atoms with E-state index in [-0.39, 0.29) is 35.1 Å². The normalized spacial score (nSPS) is 31.9. The van der Waals surface area contributed by atoms with Crippen LogP contribution in [0, 0.1) is 11.3 Å². The van der Waals surface area contributed by atoms with E-state index in [0.717, 1.165) is 54.9 Å². The fraction of sp³-hybridized carbons (Fsp3) is 0.593. The smallest absolute Gasteiger partial charge is 0.125 e. The number of aryl methyl sites for hydroxylation is 1. The van der Waals surface area contributed by atoms with Gasteiger partial charge >= 0.3 is 0 Å². The monoisotopic (exact) mass is 467 g/mol. The number of imidazole rings is 1. The molecular formula is C27H38FN5O. The lowest BCUT2D eigenvalue weighted by molar-refractivity contribution is 0.135. The fourth-order valence-corrected chi connectivity index (χ4v) is 6.10. The molecule has 1 aliphatic carbocycles. The number of phenolic OH excluding ortho intramolecular Hbond substituents is 1. The molecule has 5 N–H and O–H groups in total. The van der Waals surface area contributed by atoms with Crippen molar-refractivity contribution in [1.82, 2.24) is 26.1 Å². The van der Waals surface area contributed by atoms with Crippen LogP contribution in [0.25, 0.3) is 5.57 Å². The lowest BCUT2D eigenvalue weighted by atomic mass is 9.71. The highest BCUT2D eigenvalue weighted by Crippen LogP contribution is 2.45. The summed E-state index contributed by atoms with van der Waals surface area (Å²) in [5.41, 5.74) is 11.2. The van der Waals surface area contributed by atoms with Crippen molar-refractivity contribution in [2.24, 2.45) is 11.3 Å². The topological polar surface area (TPSA) is 85.0 Å². The van der Waals surface area contributed by atoms with E-state index in [0.29, 0.717) is 6.04 Å². The van der Waals surface area contributed by atoms with Crippen LogP contribution in [0.1, 0.15) is 81.6 Å². The van der Waals surface area contributed by atoms with Crippen LogP contribution < -0.4 is 16.2 Å². The van der Waals surface area contributed by atoms with Crippen LogP contribution in [0.4, 0.5) is 4.39 Å². The zero-order valence-corrected chi connectivity index (χ0v) is 20.7.